The predicted molar refractivity (Wildman–Crippen MR) is 114 cm³/mol. The van der Waals surface area contributed by atoms with Crippen molar-refractivity contribution in [2.45, 2.75) is 39.4 Å². The highest BCUT2D eigenvalue weighted by molar-refractivity contribution is 5.97. The summed E-state index contributed by atoms with van der Waals surface area (Å²) in [7, 11) is 0. The number of rotatable bonds is 9. The topological polar surface area (TPSA) is 77.8 Å². The highest BCUT2D eigenvalue weighted by atomic mass is 16.6. The summed E-state index contributed by atoms with van der Waals surface area (Å²) >= 11 is 0. The van der Waals surface area contributed by atoms with E-state index < -0.39 is 12.1 Å². The minimum absolute atomic E-state index is 0.0713. The summed E-state index contributed by atoms with van der Waals surface area (Å²) in [5.74, 6) is -0.818. The molecule has 6 nitrogen and oxygen atoms in total. The van der Waals surface area contributed by atoms with Gasteiger partial charge in [0.2, 0.25) is 5.76 Å². The van der Waals surface area contributed by atoms with Crippen molar-refractivity contribution in [3.8, 4) is 0 Å². The fourth-order valence-electron chi connectivity index (χ4n) is 3.18. The highest BCUT2D eigenvalue weighted by Gasteiger charge is 2.26. The van der Waals surface area contributed by atoms with Gasteiger partial charge in [-0.05, 0) is 31.4 Å². The van der Waals surface area contributed by atoms with Gasteiger partial charge < -0.3 is 19.2 Å². The molecule has 0 bridgehead atoms. The summed E-state index contributed by atoms with van der Waals surface area (Å²) in [4.78, 5) is 25.2. The molecule has 2 atom stereocenters. The molecule has 3 aromatic rings. The number of furan rings is 1. The molecule has 3 rings (SSSR count). The van der Waals surface area contributed by atoms with Crippen LogP contribution in [0.25, 0.3) is 11.0 Å². The third kappa shape index (κ3) is 5.07. The number of fused-ring (bicyclic) bond motifs is 1. The van der Waals surface area contributed by atoms with Crippen LogP contribution in [-0.2, 0) is 20.9 Å². The molecule has 0 saturated carbocycles. The molecule has 1 aromatic heterocycles. The van der Waals surface area contributed by atoms with Crippen LogP contribution >= 0.6 is 0 Å². The molecule has 6 heteroatoms. The molecule has 0 radical (unpaired) electrons. The van der Waals surface area contributed by atoms with Crippen LogP contribution in [0, 0.1) is 0 Å². The first kappa shape index (κ1) is 21.6. The second-order valence-electron chi connectivity index (χ2n) is 7.15. The quantitative estimate of drug-likeness (QED) is 0.529. The van der Waals surface area contributed by atoms with Crippen molar-refractivity contribution in [3.63, 3.8) is 0 Å². The van der Waals surface area contributed by atoms with Gasteiger partial charge in [-0.15, -0.1) is 0 Å². The minimum atomic E-state index is -0.950. The van der Waals surface area contributed by atoms with E-state index in [1.807, 2.05) is 62.4 Å². The van der Waals surface area contributed by atoms with E-state index in [-0.39, 0.29) is 24.2 Å². The largest absolute Gasteiger partial charge is 0.449 e. The normalized spacial score (nSPS) is 13.0. The Bertz CT molecular complexity index is 995. The van der Waals surface area contributed by atoms with Crippen LogP contribution in [0.2, 0.25) is 0 Å². The van der Waals surface area contributed by atoms with E-state index in [9.17, 15) is 9.59 Å². The zero-order valence-corrected chi connectivity index (χ0v) is 17.5. The Kier molecular flexibility index (Phi) is 7.25. The van der Waals surface area contributed by atoms with Gasteiger partial charge in [0.25, 0.3) is 5.91 Å². The smallest absolute Gasteiger partial charge is 0.375 e. The van der Waals surface area contributed by atoms with Crippen LogP contribution in [0.3, 0.4) is 0 Å². The van der Waals surface area contributed by atoms with Crippen molar-refractivity contribution in [1.82, 2.24) is 5.32 Å². The molecule has 1 amide bonds. The average molecular weight is 409 g/mol. The molecule has 2 aromatic carbocycles. The number of ether oxygens (including phenoxy) is 2. The maximum atomic E-state index is 12.7. The van der Waals surface area contributed by atoms with Gasteiger partial charge in [-0.1, -0.05) is 55.5 Å². The average Bonchev–Trinajstić information content (AvgIpc) is 3.15. The van der Waals surface area contributed by atoms with Crippen molar-refractivity contribution in [2.24, 2.45) is 0 Å². The van der Waals surface area contributed by atoms with E-state index in [0.717, 1.165) is 10.9 Å². The number of hydrogen-bond acceptors (Lipinski definition) is 5. The van der Waals surface area contributed by atoms with E-state index in [1.54, 1.807) is 13.0 Å². The molecule has 0 saturated heterocycles. The van der Waals surface area contributed by atoms with Crippen LogP contribution in [0.4, 0.5) is 0 Å². The molecular formula is C24H27NO5. The first-order chi connectivity index (χ1) is 14.5. The molecule has 0 aliphatic rings. The van der Waals surface area contributed by atoms with Crippen molar-refractivity contribution in [3.05, 3.63) is 71.5 Å². The van der Waals surface area contributed by atoms with E-state index >= 15 is 0 Å². The van der Waals surface area contributed by atoms with Crippen molar-refractivity contribution in [2.75, 3.05) is 13.2 Å². The van der Waals surface area contributed by atoms with E-state index in [2.05, 4.69) is 5.32 Å². The maximum Gasteiger partial charge on any atom is 0.375 e. The van der Waals surface area contributed by atoms with E-state index in [1.165, 1.54) is 0 Å². The molecule has 30 heavy (non-hydrogen) atoms. The summed E-state index contributed by atoms with van der Waals surface area (Å²) in [6.45, 7) is 6.64. The standard InChI is InChI=1S/C24H27NO5/c1-4-28-15-20-19-12-8-9-13-21(19)30-22(20)24(27)29-17(3)23(26)25-14-16(2)18-10-6-5-7-11-18/h5-13,16-17H,4,14-15H2,1-3H3,(H,25,26)/t16-,17+/m1/s1. The molecule has 0 spiro atoms. The summed E-state index contributed by atoms with van der Waals surface area (Å²) < 4.78 is 16.6. The number of amides is 1. The van der Waals surface area contributed by atoms with E-state index in [0.29, 0.717) is 24.3 Å². The Morgan fingerprint density at radius 2 is 1.73 bits per heavy atom. The lowest BCUT2D eigenvalue weighted by Gasteiger charge is -2.16. The van der Waals surface area contributed by atoms with Gasteiger partial charge in [-0.3, -0.25) is 4.79 Å². The van der Waals surface area contributed by atoms with Crippen LogP contribution in [-0.4, -0.2) is 31.1 Å². The summed E-state index contributed by atoms with van der Waals surface area (Å²) in [5.41, 5.74) is 2.33. The summed E-state index contributed by atoms with van der Waals surface area (Å²) in [6.07, 6.45) is -0.950. The van der Waals surface area contributed by atoms with Crippen LogP contribution in [0.5, 0.6) is 0 Å². The fourth-order valence-corrected chi connectivity index (χ4v) is 3.18. The third-order valence-corrected chi connectivity index (χ3v) is 4.94. The highest BCUT2D eigenvalue weighted by Crippen LogP contribution is 2.27. The van der Waals surface area contributed by atoms with Crippen LogP contribution in [0.1, 0.15) is 48.4 Å². The first-order valence-corrected chi connectivity index (χ1v) is 10.1. The van der Waals surface area contributed by atoms with E-state index in [4.69, 9.17) is 13.9 Å². The van der Waals surface area contributed by atoms with Gasteiger partial charge >= 0.3 is 5.97 Å². The van der Waals surface area contributed by atoms with Crippen LogP contribution in [0.15, 0.2) is 59.0 Å². The number of hydrogen-bond donors (Lipinski definition) is 1. The summed E-state index contributed by atoms with van der Waals surface area (Å²) in [5, 5.41) is 3.64. The Balaban J connectivity index is 1.64. The summed E-state index contributed by atoms with van der Waals surface area (Å²) in [6, 6.07) is 17.3. The molecule has 0 unspecified atom stereocenters. The second kappa shape index (κ2) is 10.1. The Morgan fingerprint density at radius 3 is 2.47 bits per heavy atom. The van der Waals surface area contributed by atoms with Crippen molar-refractivity contribution < 1.29 is 23.5 Å². The Hall–Kier alpha value is -3.12. The lowest BCUT2D eigenvalue weighted by Crippen LogP contribution is -2.37. The number of carbonyl (C=O) groups is 2. The first-order valence-electron chi connectivity index (χ1n) is 10.1. The van der Waals surface area contributed by atoms with Gasteiger partial charge in [0.1, 0.15) is 5.58 Å². The lowest BCUT2D eigenvalue weighted by atomic mass is 10.0. The maximum absolute atomic E-state index is 12.7. The van der Waals surface area contributed by atoms with Crippen molar-refractivity contribution in [1.29, 1.82) is 0 Å². The molecule has 1 heterocycles. The zero-order valence-electron chi connectivity index (χ0n) is 17.5. The number of para-hydroxylation sites is 1. The number of nitrogens with one attached hydrogen (secondary N) is 1. The van der Waals surface area contributed by atoms with Crippen LogP contribution < -0.4 is 5.32 Å². The van der Waals surface area contributed by atoms with Gasteiger partial charge in [-0.25, -0.2) is 4.79 Å². The van der Waals surface area contributed by atoms with Gasteiger partial charge in [0, 0.05) is 24.1 Å². The van der Waals surface area contributed by atoms with Gasteiger partial charge in [-0.2, -0.15) is 0 Å². The number of benzene rings is 2. The second-order valence-corrected chi connectivity index (χ2v) is 7.15. The van der Waals surface area contributed by atoms with Gasteiger partial charge in [0.05, 0.1) is 6.61 Å². The molecule has 158 valence electrons. The molecule has 0 fully saturated rings. The number of esters is 1. The molecule has 0 aliphatic carbocycles. The molecular weight excluding hydrogens is 382 g/mol. The monoisotopic (exact) mass is 409 g/mol. The van der Waals surface area contributed by atoms with Gasteiger partial charge in [0.15, 0.2) is 6.10 Å². The Labute approximate surface area is 176 Å². The predicted octanol–water partition coefficient (Wildman–Crippen LogP) is 4.43. The molecule has 1 N–H and O–H groups in total. The molecule has 0 aliphatic heterocycles. The van der Waals surface area contributed by atoms with Crippen molar-refractivity contribution >= 4 is 22.8 Å². The zero-order chi connectivity index (χ0) is 21.5. The lowest BCUT2D eigenvalue weighted by molar-refractivity contribution is -0.129. The fraction of sp³-hybridized carbons (Fsp3) is 0.333. The third-order valence-electron chi connectivity index (χ3n) is 4.94. The Morgan fingerprint density at radius 1 is 1.03 bits per heavy atom. The number of carbonyl (C=O) groups excluding carboxylic acids is 2. The SMILES string of the molecule is CCOCc1c(C(=O)O[C@@H](C)C(=O)NC[C@@H](C)c2ccccc2)oc2ccccc12. The minimum Gasteiger partial charge on any atom is -0.449 e.